The Morgan fingerprint density at radius 3 is 2.70 bits per heavy atom. The summed E-state index contributed by atoms with van der Waals surface area (Å²) in [6.45, 7) is 0.0911. The van der Waals surface area contributed by atoms with E-state index in [1.165, 1.54) is 12.3 Å². The van der Waals surface area contributed by atoms with Gasteiger partial charge < -0.3 is 14.6 Å². The molecule has 0 aromatic carbocycles. The molecule has 1 fully saturated rings. The van der Waals surface area contributed by atoms with Crippen LogP contribution in [-0.2, 0) is 11.3 Å². The summed E-state index contributed by atoms with van der Waals surface area (Å²) < 4.78 is 86.2. The molecule has 14 heteroatoms. The molecule has 0 radical (unpaired) electrons. The van der Waals surface area contributed by atoms with Gasteiger partial charge in [0.2, 0.25) is 5.89 Å². The minimum absolute atomic E-state index is 0.00372. The monoisotopic (exact) mass is 477 g/mol. The van der Waals surface area contributed by atoms with Crippen LogP contribution in [0.5, 0.6) is 0 Å². The highest BCUT2D eigenvalue weighted by Crippen LogP contribution is 2.39. The molecule has 33 heavy (non-hydrogen) atoms. The fraction of sp³-hybridized carbons (Fsp3) is 0.526. The van der Waals surface area contributed by atoms with E-state index in [1.807, 2.05) is 0 Å². The molecule has 0 saturated heterocycles. The second kappa shape index (κ2) is 7.99. The molecular formula is C19H17F6N5O3. The zero-order valence-corrected chi connectivity index (χ0v) is 17.0. The summed E-state index contributed by atoms with van der Waals surface area (Å²) in [7, 11) is 0. The van der Waals surface area contributed by atoms with E-state index in [0.29, 0.717) is 0 Å². The van der Waals surface area contributed by atoms with Gasteiger partial charge in [-0.1, -0.05) is 0 Å². The molecule has 2 atom stereocenters. The number of halogens is 6. The minimum Gasteiger partial charge on any atom is -0.415 e. The average molecular weight is 477 g/mol. The van der Waals surface area contributed by atoms with Gasteiger partial charge in [-0.05, 0) is 18.9 Å². The summed E-state index contributed by atoms with van der Waals surface area (Å²) in [4.78, 5) is 29.9. The Hall–Kier alpha value is -3.19. The third kappa shape index (κ3) is 4.25. The lowest BCUT2D eigenvalue weighted by molar-refractivity contribution is -0.151. The molecule has 1 aliphatic heterocycles. The Morgan fingerprint density at radius 1 is 1.33 bits per heavy atom. The maximum absolute atomic E-state index is 14.6. The first-order chi connectivity index (χ1) is 15.4. The summed E-state index contributed by atoms with van der Waals surface area (Å²) in [6.07, 6.45) is -2.38. The molecule has 2 aromatic rings. The second-order valence-electron chi connectivity index (χ2n) is 7.96. The Bertz CT molecular complexity index is 1090. The van der Waals surface area contributed by atoms with Gasteiger partial charge in [0.05, 0.1) is 29.4 Å². The van der Waals surface area contributed by atoms with Gasteiger partial charge in [0, 0.05) is 19.5 Å². The number of pyridine rings is 1. The van der Waals surface area contributed by atoms with E-state index in [9.17, 15) is 35.9 Å². The Labute approximate surface area is 182 Å². The predicted molar refractivity (Wildman–Crippen MR) is 97.5 cm³/mol. The molecular weight excluding hydrogens is 460 g/mol. The van der Waals surface area contributed by atoms with Crippen molar-refractivity contribution in [3.63, 3.8) is 0 Å². The van der Waals surface area contributed by atoms with Crippen LogP contribution in [0.15, 0.2) is 16.7 Å². The molecule has 8 nitrogen and oxygen atoms in total. The van der Waals surface area contributed by atoms with Crippen molar-refractivity contribution in [1.82, 2.24) is 25.4 Å². The average Bonchev–Trinajstić information content (AvgIpc) is 3.34. The van der Waals surface area contributed by atoms with Gasteiger partial charge in [-0.15, -0.1) is 10.2 Å². The fourth-order valence-corrected chi connectivity index (χ4v) is 3.97. The van der Waals surface area contributed by atoms with Gasteiger partial charge in [-0.3, -0.25) is 14.6 Å². The van der Waals surface area contributed by atoms with Crippen LogP contribution in [0.4, 0.5) is 26.3 Å². The Balaban J connectivity index is 1.61. The van der Waals surface area contributed by atoms with E-state index in [4.69, 9.17) is 4.42 Å². The number of alkyl halides is 6. The van der Waals surface area contributed by atoms with Crippen LogP contribution in [0.25, 0.3) is 11.5 Å². The van der Waals surface area contributed by atoms with Gasteiger partial charge in [0.25, 0.3) is 23.6 Å². The number of fused-ring (bicyclic) bond motifs is 1. The van der Waals surface area contributed by atoms with E-state index in [1.54, 1.807) is 5.32 Å². The summed E-state index contributed by atoms with van der Waals surface area (Å²) in [5.41, 5.74) is 0.258. The van der Waals surface area contributed by atoms with E-state index in [2.05, 4.69) is 15.2 Å². The highest BCUT2D eigenvalue weighted by atomic mass is 19.3. The third-order valence-electron chi connectivity index (χ3n) is 5.59. The van der Waals surface area contributed by atoms with Gasteiger partial charge in [0.1, 0.15) is 6.04 Å². The molecule has 1 aliphatic carbocycles. The maximum Gasteiger partial charge on any atom is 0.321 e. The van der Waals surface area contributed by atoms with Crippen LogP contribution in [0, 0.1) is 0 Å². The molecule has 0 unspecified atom stereocenters. The van der Waals surface area contributed by atoms with Gasteiger partial charge >= 0.3 is 12.3 Å². The minimum atomic E-state index is -3.88. The van der Waals surface area contributed by atoms with Gasteiger partial charge in [-0.25, -0.2) is 8.78 Å². The van der Waals surface area contributed by atoms with E-state index in [0.717, 1.165) is 4.90 Å². The Morgan fingerprint density at radius 2 is 2.06 bits per heavy atom. The first-order valence-corrected chi connectivity index (χ1v) is 9.87. The van der Waals surface area contributed by atoms with E-state index >= 15 is 0 Å². The zero-order chi connectivity index (χ0) is 24.1. The summed E-state index contributed by atoms with van der Waals surface area (Å²) in [5.74, 6) is -11.2. The van der Waals surface area contributed by atoms with Crippen molar-refractivity contribution in [1.29, 1.82) is 0 Å². The molecule has 2 aliphatic rings. The second-order valence-corrected chi connectivity index (χ2v) is 7.96. The smallest absolute Gasteiger partial charge is 0.321 e. The number of carbonyl (C=O) groups is 2. The van der Waals surface area contributed by atoms with Crippen molar-refractivity contribution in [2.24, 2.45) is 0 Å². The van der Waals surface area contributed by atoms with Crippen molar-refractivity contribution in [2.45, 2.75) is 63.1 Å². The largest absolute Gasteiger partial charge is 0.415 e. The molecule has 178 valence electrons. The van der Waals surface area contributed by atoms with Crippen LogP contribution in [-0.4, -0.2) is 55.8 Å². The first kappa shape index (κ1) is 23.0. The lowest BCUT2D eigenvalue weighted by Gasteiger charge is -2.42. The standard InChI is InChI=1S/C19H17F6N5O3/c1-18(22,23)17(32)27-12-11(3-2-4-19(12,24)25)30-7-10-9(16(30)31)5-8(6-26-10)14-28-29-15(33-14)13(20)21/h5-6,11-13H,2-4,7H2,1H3,(H,27,32)/t11-,12-/m0/s1. The number of aromatic nitrogens is 3. The molecule has 0 bridgehead atoms. The number of nitrogens with zero attached hydrogens (tertiary/aromatic N) is 4. The fourth-order valence-electron chi connectivity index (χ4n) is 3.97. The molecule has 4 rings (SSSR count). The lowest BCUT2D eigenvalue weighted by Crippen LogP contribution is -2.63. The Kier molecular flexibility index (Phi) is 5.56. The number of rotatable bonds is 5. The van der Waals surface area contributed by atoms with Crippen LogP contribution in [0.1, 0.15) is 54.6 Å². The lowest BCUT2D eigenvalue weighted by atomic mass is 9.85. The van der Waals surface area contributed by atoms with Gasteiger partial charge in [-0.2, -0.15) is 17.6 Å². The molecule has 0 spiro atoms. The predicted octanol–water partition coefficient (Wildman–Crippen LogP) is 3.35. The highest BCUT2D eigenvalue weighted by molar-refractivity contribution is 5.99. The van der Waals surface area contributed by atoms with E-state index < -0.39 is 54.5 Å². The van der Waals surface area contributed by atoms with Crippen molar-refractivity contribution >= 4 is 11.8 Å². The number of nitrogens with one attached hydrogen (secondary N) is 1. The summed E-state index contributed by atoms with van der Waals surface area (Å²) in [5, 5.41) is 8.38. The number of amides is 2. The maximum atomic E-state index is 14.6. The van der Waals surface area contributed by atoms with Crippen LogP contribution < -0.4 is 5.32 Å². The van der Waals surface area contributed by atoms with Gasteiger partial charge in [0.15, 0.2) is 0 Å². The van der Waals surface area contributed by atoms with Crippen molar-refractivity contribution < 1.29 is 40.3 Å². The molecule has 2 aromatic heterocycles. The highest BCUT2D eigenvalue weighted by Gasteiger charge is 2.53. The first-order valence-electron chi connectivity index (χ1n) is 9.87. The van der Waals surface area contributed by atoms with Crippen molar-refractivity contribution in [3.05, 3.63) is 29.4 Å². The molecule has 1 N–H and O–H groups in total. The summed E-state index contributed by atoms with van der Waals surface area (Å²) >= 11 is 0. The number of hydrogen-bond acceptors (Lipinski definition) is 6. The van der Waals surface area contributed by atoms with Crippen LogP contribution >= 0.6 is 0 Å². The number of carbonyl (C=O) groups excluding carboxylic acids is 2. The number of hydrogen-bond donors (Lipinski definition) is 1. The molecule has 2 amide bonds. The van der Waals surface area contributed by atoms with Crippen LogP contribution in [0.3, 0.4) is 0 Å². The topological polar surface area (TPSA) is 101 Å². The summed E-state index contributed by atoms with van der Waals surface area (Å²) in [6, 6.07) is -2.03. The quantitative estimate of drug-likeness (QED) is 0.663. The third-order valence-corrected chi connectivity index (χ3v) is 5.59. The van der Waals surface area contributed by atoms with Crippen molar-refractivity contribution in [3.8, 4) is 11.5 Å². The SMILES string of the molecule is CC(F)(F)C(=O)N[C@H]1[C@@H](N2Cc3ncc(-c4nnc(C(F)F)o4)cc3C2=O)CCCC1(F)F. The molecule has 3 heterocycles. The van der Waals surface area contributed by atoms with E-state index in [-0.39, 0.29) is 49.0 Å². The molecule has 1 saturated carbocycles. The normalized spacial score (nSPS) is 22.5. The zero-order valence-electron chi connectivity index (χ0n) is 17.0. The van der Waals surface area contributed by atoms with Crippen LogP contribution in [0.2, 0.25) is 0 Å². The van der Waals surface area contributed by atoms with Crippen molar-refractivity contribution in [2.75, 3.05) is 0 Å².